The fraction of sp³-hybridized carbons (Fsp3) is 0.0588. The minimum atomic E-state index is -0.651. The summed E-state index contributed by atoms with van der Waals surface area (Å²) in [5.41, 5.74) is 1.86. The van der Waals surface area contributed by atoms with E-state index in [-0.39, 0.29) is 6.42 Å². The van der Waals surface area contributed by atoms with E-state index >= 15 is 0 Å². The monoisotopic (exact) mass is 291 g/mol. The first-order valence-corrected chi connectivity index (χ1v) is 6.83. The highest BCUT2D eigenvalue weighted by Gasteiger charge is 2.28. The van der Waals surface area contributed by atoms with Crippen molar-refractivity contribution in [3.05, 3.63) is 60.7 Å². The Hall–Kier alpha value is -3.08. The lowest BCUT2D eigenvalue weighted by atomic mass is 10.1. The Morgan fingerprint density at radius 3 is 1.91 bits per heavy atom. The first kappa shape index (κ1) is 13.9. The van der Waals surface area contributed by atoms with Gasteiger partial charge in [0.15, 0.2) is 5.84 Å². The Labute approximate surface area is 127 Å². The largest absolute Gasteiger partial charge is 0.302 e. The molecule has 1 N–H and O–H groups in total. The summed E-state index contributed by atoms with van der Waals surface area (Å²) in [6, 6.07) is 18.5. The normalized spacial score (nSPS) is 18.5. The van der Waals surface area contributed by atoms with Crippen LogP contribution < -0.4 is 5.32 Å². The summed E-state index contributed by atoms with van der Waals surface area (Å²) in [4.78, 5) is 32.1. The van der Waals surface area contributed by atoms with Crippen LogP contribution >= 0.6 is 0 Å². The Morgan fingerprint density at radius 1 is 0.773 bits per heavy atom. The van der Waals surface area contributed by atoms with Crippen LogP contribution in [0.4, 0.5) is 11.4 Å². The number of Topliss-reactive ketones (excluding diaryl/α,β-unsaturated/α-hetero) is 1. The SMILES string of the molecule is O=C1CC(=Nc2ccccc2)C(=Nc2ccccc2)NC1=O. The third-order valence-corrected chi connectivity index (χ3v) is 3.10. The van der Waals surface area contributed by atoms with E-state index in [0.29, 0.717) is 22.9 Å². The van der Waals surface area contributed by atoms with E-state index in [9.17, 15) is 9.59 Å². The molecule has 1 saturated heterocycles. The fourth-order valence-corrected chi connectivity index (χ4v) is 2.04. The van der Waals surface area contributed by atoms with Crippen LogP contribution in [0.3, 0.4) is 0 Å². The quantitative estimate of drug-likeness (QED) is 0.864. The van der Waals surface area contributed by atoms with Gasteiger partial charge in [-0.2, -0.15) is 0 Å². The predicted molar refractivity (Wildman–Crippen MR) is 84.8 cm³/mol. The van der Waals surface area contributed by atoms with E-state index in [4.69, 9.17) is 0 Å². The number of nitrogens with zero attached hydrogens (tertiary/aromatic N) is 2. The molecular formula is C17H13N3O2. The molecule has 3 rings (SSSR count). The van der Waals surface area contributed by atoms with Gasteiger partial charge in [-0.05, 0) is 24.3 Å². The van der Waals surface area contributed by atoms with Crippen LogP contribution in [0.1, 0.15) is 6.42 Å². The number of carbonyl (C=O) groups is 2. The van der Waals surface area contributed by atoms with Crippen LogP contribution in [0.15, 0.2) is 70.6 Å². The fourth-order valence-electron chi connectivity index (χ4n) is 2.04. The summed E-state index contributed by atoms with van der Waals surface area (Å²) in [7, 11) is 0. The summed E-state index contributed by atoms with van der Waals surface area (Å²) in [6.45, 7) is 0. The molecule has 0 spiro atoms. The molecule has 1 aliphatic rings. The number of para-hydroxylation sites is 2. The van der Waals surface area contributed by atoms with Crippen molar-refractivity contribution in [1.82, 2.24) is 5.32 Å². The van der Waals surface area contributed by atoms with E-state index in [1.807, 2.05) is 60.7 Å². The zero-order chi connectivity index (χ0) is 15.4. The molecule has 0 atom stereocenters. The Kier molecular flexibility index (Phi) is 3.87. The number of hydrogen-bond donors (Lipinski definition) is 1. The number of benzene rings is 2. The van der Waals surface area contributed by atoms with E-state index < -0.39 is 11.7 Å². The lowest BCUT2D eigenvalue weighted by Gasteiger charge is -2.16. The standard InChI is InChI=1S/C17H13N3O2/c21-15-11-14(18-12-7-3-1-4-8-12)16(20-17(15)22)19-13-9-5-2-6-10-13/h1-10H,11H2,(H,19,20,22). The highest BCUT2D eigenvalue weighted by molar-refractivity contribution is 6.59. The maximum absolute atomic E-state index is 11.6. The second kappa shape index (κ2) is 6.13. The summed E-state index contributed by atoms with van der Waals surface area (Å²) < 4.78 is 0. The van der Waals surface area contributed by atoms with Gasteiger partial charge in [-0.15, -0.1) is 0 Å². The molecular weight excluding hydrogens is 278 g/mol. The van der Waals surface area contributed by atoms with Crippen LogP contribution in [0.25, 0.3) is 0 Å². The average Bonchev–Trinajstić information content (AvgIpc) is 2.54. The second-order valence-corrected chi connectivity index (χ2v) is 4.74. The molecule has 108 valence electrons. The van der Waals surface area contributed by atoms with E-state index in [1.165, 1.54) is 0 Å². The van der Waals surface area contributed by atoms with Crippen molar-refractivity contribution in [2.45, 2.75) is 6.42 Å². The van der Waals surface area contributed by atoms with Gasteiger partial charge in [-0.25, -0.2) is 9.98 Å². The zero-order valence-corrected chi connectivity index (χ0v) is 11.7. The highest BCUT2D eigenvalue weighted by atomic mass is 16.2. The maximum Gasteiger partial charge on any atom is 0.293 e. The molecule has 0 aromatic heterocycles. The van der Waals surface area contributed by atoms with Crippen LogP contribution in [0, 0.1) is 0 Å². The van der Waals surface area contributed by atoms with E-state index in [2.05, 4.69) is 15.3 Å². The van der Waals surface area contributed by atoms with Crippen molar-refractivity contribution in [3.63, 3.8) is 0 Å². The van der Waals surface area contributed by atoms with Gasteiger partial charge in [-0.3, -0.25) is 9.59 Å². The van der Waals surface area contributed by atoms with Crippen LogP contribution in [0.5, 0.6) is 0 Å². The van der Waals surface area contributed by atoms with Crippen LogP contribution in [-0.2, 0) is 9.59 Å². The Bertz CT molecular complexity index is 698. The average molecular weight is 291 g/mol. The summed E-state index contributed by atoms with van der Waals surface area (Å²) in [5, 5.41) is 2.52. The molecule has 0 radical (unpaired) electrons. The Balaban J connectivity index is 2.00. The van der Waals surface area contributed by atoms with Gasteiger partial charge in [0.05, 0.1) is 23.5 Å². The van der Waals surface area contributed by atoms with Gasteiger partial charge in [0.2, 0.25) is 5.78 Å². The minimum Gasteiger partial charge on any atom is -0.302 e. The molecule has 1 heterocycles. The smallest absolute Gasteiger partial charge is 0.293 e. The first-order valence-electron chi connectivity index (χ1n) is 6.83. The number of amidine groups is 1. The van der Waals surface area contributed by atoms with Crippen molar-refractivity contribution in [2.75, 3.05) is 0 Å². The van der Waals surface area contributed by atoms with Gasteiger partial charge >= 0.3 is 0 Å². The summed E-state index contributed by atoms with van der Waals surface area (Å²) in [5.74, 6) is -0.844. The van der Waals surface area contributed by atoms with Crippen molar-refractivity contribution >= 4 is 34.6 Å². The van der Waals surface area contributed by atoms with Gasteiger partial charge in [0.25, 0.3) is 5.91 Å². The van der Waals surface area contributed by atoms with Crippen LogP contribution in [0.2, 0.25) is 0 Å². The third-order valence-electron chi connectivity index (χ3n) is 3.10. The summed E-state index contributed by atoms with van der Waals surface area (Å²) >= 11 is 0. The number of nitrogens with one attached hydrogen (secondary N) is 1. The molecule has 1 aliphatic heterocycles. The molecule has 1 amide bonds. The van der Waals surface area contributed by atoms with Crippen molar-refractivity contribution in [1.29, 1.82) is 0 Å². The zero-order valence-electron chi connectivity index (χ0n) is 11.7. The van der Waals surface area contributed by atoms with Gasteiger partial charge in [-0.1, -0.05) is 36.4 Å². The lowest BCUT2D eigenvalue weighted by molar-refractivity contribution is -0.136. The van der Waals surface area contributed by atoms with Crippen molar-refractivity contribution in [3.8, 4) is 0 Å². The molecule has 2 aromatic rings. The molecule has 0 bridgehead atoms. The molecule has 5 heteroatoms. The number of carbonyl (C=O) groups excluding carboxylic acids is 2. The van der Waals surface area contributed by atoms with E-state index in [0.717, 1.165) is 0 Å². The lowest BCUT2D eigenvalue weighted by Crippen LogP contribution is -2.47. The minimum absolute atomic E-state index is 0.0492. The molecule has 5 nitrogen and oxygen atoms in total. The number of rotatable bonds is 2. The molecule has 1 fully saturated rings. The number of hydrogen-bond acceptors (Lipinski definition) is 4. The summed E-state index contributed by atoms with van der Waals surface area (Å²) in [6.07, 6.45) is -0.0492. The van der Waals surface area contributed by atoms with Crippen molar-refractivity contribution in [2.24, 2.45) is 9.98 Å². The predicted octanol–water partition coefficient (Wildman–Crippen LogP) is 2.58. The number of amides is 1. The molecule has 22 heavy (non-hydrogen) atoms. The van der Waals surface area contributed by atoms with Gasteiger partial charge in [0.1, 0.15) is 0 Å². The van der Waals surface area contributed by atoms with E-state index in [1.54, 1.807) is 0 Å². The van der Waals surface area contributed by atoms with Gasteiger partial charge in [0, 0.05) is 0 Å². The first-order chi connectivity index (χ1) is 10.7. The number of piperidine rings is 1. The molecule has 0 aliphatic carbocycles. The molecule has 0 saturated carbocycles. The van der Waals surface area contributed by atoms with Crippen molar-refractivity contribution < 1.29 is 9.59 Å². The third kappa shape index (κ3) is 3.15. The number of aliphatic imine (C=N–C) groups is 2. The highest BCUT2D eigenvalue weighted by Crippen LogP contribution is 2.16. The van der Waals surface area contributed by atoms with Crippen LogP contribution in [-0.4, -0.2) is 23.2 Å². The van der Waals surface area contributed by atoms with Gasteiger partial charge < -0.3 is 5.32 Å². The molecule has 0 unspecified atom stereocenters. The number of ketones is 1. The molecule has 2 aromatic carbocycles. The Morgan fingerprint density at radius 2 is 1.32 bits per heavy atom. The topological polar surface area (TPSA) is 70.9 Å². The maximum atomic E-state index is 11.6. The second-order valence-electron chi connectivity index (χ2n) is 4.74.